The van der Waals surface area contributed by atoms with Gasteiger partial charge in [0, 0.05) is 5.70 Å². The van der Waals surface area contributed by atoms with Crippen LogP contribution in [-0.2, 0) is 15.7 Å². The minimum Gasteiger partial charge on any atom is -0.463 e. The second kappa shape index (κ2) is 7.72. The molecule has 1 atom stereocenters. The van der Waals surface area contributed by atoms with Crippen molar-refractivity contribution in [3.63, 3.8) is 0 Å². The second-order valence-electron chi connectivity index (χ2n) is 5.55. The van der Waals surface area contributed by atoms with Crippen LogP contribution in [0.5, 0.6) is 0 Å². The fourth-order valence-electron chi connectivity index (χ4n) is 2.95. The number of carbonyl (C=O) groups is 1. The maximum absolute atomic E-state index is 13.5. The number of rotatable bonds is 5. The lowest BCUT2D eigenvalue weighted by Gasteiger charge is -2.29. The molecule has 0 aromatic heterocycles. The summed E-state index contributed by atoms with van der Waals surface area (Å²) in [7, 11) is 0. The number of hydrogen-bond donors (Lipinski definition) is 1. The second-order valence-corrected chi connectivity index (χ2v) is 5.55. The zero-order valence-electron chi connectivity index (χ0n) is 14.4. The Morgan fingerprint density at radius 3 is 2.44 bits per heavy atom. The largest absolute Gasteiger partial charge is 0.463 e. The fraction of sp³-hybridized carbons (Fsp3) is 0.444. The Hall–Kier alpha value is -2.31. The molecule has 1 N–H and O–H groups in total. The highest BCUT2D eigenvalue weighted by molar-refractivity contribution is 6.05. The van der Waals surface area contributed by atoms with Gasteiger partial charge in [-0.1, -0.05) is 32.0 Å². The molecule has 136 valence electrons. The molecule has 1 aromatic carbocycles. The Kier molecular flexibility index (Phi) is 5.87. The Morgan fingerprint density at radius 1 is 1.20 bits per heavy atom. The van der Waals surface area contributed by atoms with E-state index in [4.69, 9.17) is 4.74 Å². The standard InChI is InChI=1S/C18H21F3N2O2/c1-4-13-15(11-9-7-8-10-12(11)18(19,20)21)16(17(24)25-6-3)14(5-2)23-22-13/h7-10,15,23H,4-6H2,1-3H3. The van der Waals surface area contributed by atoms with Crippen LogP contribution in [0.15, 0.2) is 40.6 Å². The quantitative estimate of drug-likeness (QED) is 0.798. The van der Waals surface area contributed by atoms with E-state index in [2.05, 4.69) is 10.5 Å². The van der Waals surface area contributed by atoms with Crippen LogP contribution in [0, 0.1) is 0 Å². The van der Waals surface area contributed by atoms with E-state index in [1.165, 1.54) is 18.2 Å². The summed E-state index contributed by atoms with van der Waals surface area (Å²) in [5.74, 6) is -1.49. The fourth-order valence-corrected chi connectivity index (χ4v) is 2.95. The maximum atomic E-state index is 13.5. The molecule has 0 radical (unpaired) electrons. The number of carbonyl (C=O) groups excluding carboxylic acids is 1. The Labute approximate surface area is 144 Å². The van der Waals surface area contributed by atoms with Crippen LogP contribution in [0.1, 0.15) is 50.7 Å². The monoisotopic (exact) mass is 354 g/mol. The van der Waals surface area contributed by atoms with Crippen LogP contribution in [0.4, 0.5) is 13.2 Å². The molecule has 0 saturated heterocycles. The van der Waals surface area contributed by atoms with Gasteiger partial charge in [0.1, 0.15) is 0 Å². The summed E-state index contributed by atoms with van der Waals surface area (Å²) in [5, 5.41) is 4.21. The molecular formula is C18H21F3N2O2. The highest BCUT2D eigenvalue weighted by Gasteiger charge is 2.40. The minimum atomic E-state index is -4.52. The average molecular weight is 354 g/mol. The lowest BCUT2D eigenvalue weighted by Crippen LogP contribution is -2.32. The van der Waals surface area contributed by atoms with Gasteiger partial charge < -0.3 is 4.74 Å². The molecule has 0 bridgehead atoms. The van der Waals surface area contributed by atoms with Gasteiger partial charge in [0.25, 0.3) is 0 Å². The van der Waals surface area contributed by atoms with Gasteiger partial charge in [0.15, 0.2) is 0 Å². The molecule has 0 aliphatic carbocycles. The van der Waals surface area contributed by atoms with E-state index in [0.717, 1.165) is 6.07 Å². The van der Waals surface area contributed by atoms with Gasteiger partial charge in [-0.25, -0.2) is 4.79 Å². The summed E-state index contributed by atoms with van der Waals surface area (Å²) in [6.07, 6.45) is -3.68. The number of allylic oxidation sites excluding steroid dienone is 1. The molecule has 0 saturated carbocycles. The van der Waals surface area contributed by atoms with Crippen molar-refractivity contribution in [2.24, 2.45) is 5.10 Å². The van der Waals surface area contributed by atoms with E-state index < -0.39 is 23.6 Å². The lowest BCUT2D eigenvalue weighted by atomic mass is 9.81. The van der Waals surface area contributed by atoms with Gasteiger partial charge in [0.2, 0.25) is 0 Å². The summed E-state index contributed by atoms with van der Waals surface area (Å²) in [4.78, 5) is 12.5. The minimum absolute atomic E-state index is 0.0195. The molecule has 1 aliphatic rings. The zero-order chi connectivity index (χ0) is 18.6. The number of benzene rings is 1. The van der Waals surface area contributed by atoms with Crippen molar-refractivity contribution < 1.29 is 22.7 Å². The molecule has 7 heteroatoms. The van der Waals surface area contributed by atoms with Crippen molar-refractivity contribution in [1.29, 1.82) is 0 Å². The van der Waals surface area contributed by atoms with Crippen LogP contribution in [0.2, 0.25) is 0 Å². The number of halogens is 3. The molecule has 1 aliphatic heterocycles. The molecule has 0 amide bonds. The van der Waals surface area contributed by atoms with E-state index >= 15 is 0 Å². The Balaban J connectivity index is 2.68. The number of nitrogens with zero attached hydrogens (tertiary/aromatic N) is 1. The first kappa shape index (κ1) is 19.0. The third-order valence-corrected chi connectivity index (χ3v) is 4.07. The number of hydrazone groups is 1. The maximum Gasteiger partial charge on any atom is 0.416 e. The summed E-state index contributed by atoms with van der Waals surface area (Å²) >= 11 is 0. The molecule has 2 rings (SSSR count). The van der Waals surface area contributed by atoms with Gasteiger partial charge in [0.05, 0.1) is 29.4 Å². The summed E-state index contributed by atoms with van der Waals surface area (Å²) in [6.45, 7) is 5.41. The van der Waals surface area contributed by atoms with Crippen molar-refractivity contribution in [3.05, 3.63) is 46.7 Å². The normalized spacial score (nSPS) is 17.8. The lowest BCUT2D eigenvalue weighted by molar-refractivity contribution is -0.140. The molecule has 25 heavy (non-hydrogen) atoms. The predicted molar refractivity (Wildman–Crippen MR) is 89.0 cm³/mol. The summed E-state index contributed by atoms with van der Waals surface area (Å²) < 4.78 is 45.6. The molecule has 4 nitrogen and oxygen atoms in total. The van der Waals surface area contributed by atoms with Gasteiger partial charge in [-0.3, -0.25) is 5.43 Å². The van der Waals surface area contributed by atoms with Crippen LogP contribution in [0.3, 0.4) is 0 Å². The van der Waals surface area contributed by atoms with Crippen molar-refractivity contribution in [2.75, 3.05) is 6.61 Å². The predicted octanol–water partition coefficient (Wildman–Crippen LogP) is 4.39. The van der Waals surface area contributed by atoms with E-state index in [9.17, 15) is 18.0 Å². The van der Waals surface area contributed by atoms with E-state index in [1.807, 2.05) is 0 Å². The number of esters is 1. The van der Waals surface area contributed by atoms with Gasteiger partial charge >= 0.3 is 12.1 Å². The summed E-state index contributed by atoms with van der Waals surface area (Å²) in [6, 6.07) is 5.30. The number of alkyl halides is 3. The van der Waals surface area contributed by atoms with Crippen LogP contribution in [0.25, 0.3) is 0 Å². The SMILES string of the molecule is CCOC(=O)C1=C(CC)NN=C(CC)C1c1ccccc1C(F)(F)F. The van der Waals surface area contributed by atoms with Crippen molar-refractivity contribution >= 4 is 11.7 Å². The van der Waals surface area contributed by atoms with Gasteiger partial charge in [-0.05, 0) is 31.4 Å². The Bertz CT molecular complexity index is 709. The van der Waals surface area contributed by atoms with Crippen molar-refractivity contribution in [3.8, 4) is 0 Å². The van der Waals surface area contributed by atoms with Crippen LogP contribution >= 0.6 is 0 Å². The number of hydrogen-bond acceptors (Lipinski definition) is 4. The summed E-state index contributed by atoms with van der Waals surface area (Å²) in [5.41, 5.74) is 3.21. The molecule has 0 spiro atoms. The first-order chi connectivity index (χ1) is 11.8. The third-order valence-electron chi connectivity index (χ3n) is 4.07. The van der Waals surface area contributed by atoms with Crippen molar-refractivity contribution in [2.45, 2.75) is 45.7 Å². The van der Waals surface area contributed by atoms with E-state index in [1.54, 1.807) is 20.8 Å². The van der Waals surface area contributed by atoms with Crippen LogP contribution < -0.4 is 5.43 Å². The van der Waals surface area contributed by atoms with E-state index in [0.29, 0.717) is 24.3 Å². The van der Waals surface area contributed by atoms with Gasteiger partial charge in [-0.15, -0.1) is 0 Å². The topological polar surface area (TPSA) is 50.7 Å². The third kappa shape index (κ3) is 3.86. The zero-order valence-corrected chi connectivity index (χ0v) is 14.4. The molecular weight excluding hydrogens is 333 g/mol. The average Bonchev–Trinajstić information content (AvgIpc) is 2.59. The number of nitrogens with one attached hydrogen (secondary N) is 1. The van der Waals surface area contributed by atoms with Crippen molar-refractivity contribution in [1.82, 2.24) is 5.43 Å². The highest BCUT2D eigenvalue weighted by atomic mass is 19.4. The Morgan fingerprint density at radius 2 is 1.88 bits per heavy atom. The van der Waals surface area contributed by atoms with Crippen LogP contribution in [-0.4, -0.2) is 18.3 Å². The van der Waals surface area contributed by atoms with Gasteiger partial charge in [-0.2, -0.15) is 18.3 Å². The molecule has 1 unspecified atom stereocenters. The first-order valence-electron chi connectivity index (χ1n) is 8.23. The molecule has 1 heterocycles. The molecule has 1 aromatic rings. The highest BCUT2D eigenvalue weighted by Crippen LogP contribution is 2.40. The molecule has 0 fully saturated rings. The van der Waals surface area contributed by atoms with E-state index in [-0.39, 0.29) is 17.7 Å². The first-order valence-corrected chi connectivity index (χ1v) is 8.23. The smallest absolute Gasteiger partial charge is 0.416 e. The number of ether oxygens (including phenoxy) is 1.